The van der Waals surface area contributed by atoms with Crippen LogP contribution in [0.15, 0.2) is 46.5 Å². The normalized spacial score (nSPS) is 17.1. The number of hydrogen-bond acceptors (Lipinski definition) is 6. The average molecular weight is 363 g/mol. The molecule has 1 aromatic heterocycles. The maximum absolute atomic E-state index is 13.7. The van der Waals surface area contributed by atoms with Crippen LogP contribution in [0, 0.1) is 11.6 Å². The molecule has 0 amide bonds. The Bertz CT molecular complexity index is 850. The molecule has 25 heavy (non-hydrogen) atoms. The molecule has 1 atom stereocenters. The Balaban J connectivity index is 2.08. The first-order valence-electron chi connectivity index (χ1n) is 7.62. The van der Waals surface area contributed by atoms with E-state index in [1.54, 1.807) is 31.6 Å². The van der Waals surface area contributed by atoms with E-state index in [1.807, 2.05) is 0 Å². The number of benzene rings is 1. The van der Waals surface area contributed by atoms with E-state index >= 15 is 0 Å². The smallest absolute Gasteiger partial charge is 0.337 e. The number of nitrogens with zero attached hydrogens (tertiary/aromatic N) is 3. The van der Waals surface area contributed by atoms with E-state index in [1.165, 1.54) is 22.3 Å². The Kier molecular flexibility index (Phi) is 4.89. The van der Waals surface area contributed by atoms with Crippen molar-refractivity contribution in [2.45, 2.75) is 19.9 Å². The van der Waals surface area contributed by atoms with Gasteiger partial charge >= 0.3 is 5.97 Å². The van der Waals surface area contributed by atoms with E-state index in [9.17, 15) is 13.6 Å². The summed E-state index contributed by atoms with van der Waals surface area (Å²) in [7, 11) is 0. The highest BCUT2D eigenvalue weighted by Gasteiger charge is 2.29. The van der Waals surface area contributed by atoms with E-state index < -0.39 is 23.6 Å². The number of halogens is 2. The molecule has 0 N–H and O–H groups in total. The molecule has 2 heterocycles. The van der Waals surface area contributed by atoms with Crippen molar-refractivity contribution in [2.24, 2.45) is 4.99 Å². The van der Waals surface area contributed by atoms with E-state index in [4.69, 9.17) is 4.74 Å². The molecule has 1 aliphatic heterocycles. The van der Waals surface area contributed by atoms with Gasteiger partial charge in [0.2, 0.25) is 0 Å². The molecule has 0 aliphatic carbocycles. The lowest BCUT2D eigenvalue weighted by atomic mass is 10.1. The van der Waals surface area contributed by atoms with Crippen LogP contribution in [-0.2, 0) is 9.53 Å². The molecule has 0 bridgehead atoms. The van der Waals surface area contributed by atoms with Crippen LogP contribution in [0.4, 0.5) is 14.5 Å². The number of esters is 1. The van der Waals surface area contributed by atoms with Crippen LogP contribution in [0.1, 0.15) is 18.9 Å². The van der Waals surface area contributed by atoms with Crippen LogP contribution in [0.5, 0.6) is 0 Å². The van der Waals surface area contributed by atoms with Crippen molar-refractivity contribution in [1.82, 2.24) is 4.98 Å². The number of hydrogen-bond donors (Lipinski definition) is 0. The lowest BCUT2D eigenvalue weighted by Gasteiger charge is -2.28. The summed E-state index contributed by atoms with van der Waals surface area (Å²) in [4.78, 5) is 22.4. The number of carbonyl (C=O) groups excluding carboxylic acids is 1. The molecular formula is C17H15F2N3O2S. The summed E-state index contributed by atoms with van der Waals surface area (Å²) in [5.74, 6) is -1.97. The number of amidine groups is 1. The standard InChI is InChI=1S/C17H15F2N3O2S/c1-3-24-17(23)12-9-22(11-4-5-13(18)14(19)8-11)15(21-10(12)2)16-20-6-7-25-16/h4-10H,3H2,1-2H3. The van der Waals surface area contributed by atoms with E-state index in [0.717, 1.165) is 12.1 Å². The highest BCUT2D eigenvalue weighted by atomic mass is 32.1. The number of aromatic nitrogens is 1. The predicted molar refractivity (Wildman–Crippen MR) is 91.7 cm³/mol. The highest BCUT2D eigenvalue weighted by molar-refractivity contribution is 7.11. The summed E-state index contributed by atoms with van der Waals surface area (Å²) in [6.07, 6.45) is 3.17. The molecule has 130 valence electrons. The van der Waals surface area contributed by atoms with Crippen molar-refractivity contribution in [3.63, 3.8) is 0 Å². The largest absolute Gasteiger partial charge is 0.463 e. The minimum Gasteiger partial charge on any atom is -0.463 e. The summed E-state index contributed by atoms with van der Waals surface area (Å²) in [6, 6.07) is 3.05. The van der Waals surface area contributed by atoms with Crippen LogP contribution in [0.3, 0.4) is 0 Å². The van der Waals surface area contributed by atoms with Crippen LogP contribution < -0.4 is 4.90 Å². The van der Waals surface area contributed by atoms with Gasteiger partial charge in [-0.1, -0.05) is 0 Å². The third-order valence-electron chi connectivity index (χ3n) is 3.58. The van der Waals surface area contributed by atoms with Crippen molar-refractivity contribution >= 4 is 28.8 Å². The first-order valence-corrected chi connectivity index (χ1v) is 8.50. The Morgan fingerprint density at radius 3 is 2.80 bits per heavy atom. The molecule has 1 aromatic carbocycles. The highest BCUT2D eigenvalue weighted by Crippen LogP contribution is 2.27. The Morgan fingerprint density at radius 1 is 1.36 bits per heavy atom. The predicted octanol–water partition coefficient (Wildman–Crippen LogP) is 3.52. The zero-order valence-corrected chi connectivity index (χ0v) is 14.4. The SMILES string of the molecule is CCOC(=O)C1=CN(c2ccc(F)c(F)c2)C(c2nccs2)=NC1C. The van der Waals surface area contributed by atoms with Crippen molar-refractivity contribution in [2.75, 3.05) is 11.5 Å². The maximum Gasteiger partial charge on any atom is 0.337 e. The minimum atomic E-state index is -0.985. The summed E-state index contributed by atoms with van der Waals surface area (Å²) in [6.45, 7) is 3.71. The average Bonchev–Trinajstić information content (AvgIpc) is 3.12. The maximum atomic E-state index is 13.7. The van der Waals surface area contributed by atoms with E-state index in [2.05, 4.69) is 9.98 Å². The van der Waals surface area contributed by atoms with Crippen LogP contribution in [0.2, 0.25) is 0 Å². The molecule has 0 fully saturated rings. The lowest BCUT2D eigenvalue weighted by Crippen LogP contribution is -2.35. The van der Waals surface area contributed by atoms with E-state index in [-0.39, 0.29) is 6.61 Å². The van der Waals surface area contributed by atoms with Crippen LogP contribution in [0.25, 0.3) is 0 Å². The lowest BCUT2D eigenvalue weighted by molar-refractivity contribution is -0.138. The molecule has 3 rings (SSSR count). The molecule has 1 unspecified atom stereocenters. The molecule has 0 saturated heterocycles. The molecule has 8 heteroatoms. The fourth-order valence-electron chi connectivity index (χ4n) is 2.38. The molecule has 1 aliphatic rings. The summed E-state index contributed by atoms with van der Waals surface area (Å²) >= 11 is 1.36. The monoisotopic (exact) mass is 363 g/mol. The second kappa shape index (κ2) is 7.10. The molecule has 0 spiro atoms. The van der Waals surface area contributed by atoms with Gasteiger partial charge in [0.1, 0.15) is 0 Å². The zero-order valence-electron chi connectivity index (χ0n) is 13.6. The first-order chi connectivity index (χ1) is 12.0. The number of thiazole rings is 1. The first kappa shape index (κ1) is 17.2. The van der Waals surface area contributed by atoms with Crippen LogP contribution in [-0.4, -0.2) is 29.4 Å². The number of anilines is 1. The second-order valence-electron chi connectivity index (χ2n) is 5.24. The molecule has 0 radical (unpaired) electrons. The molecule has 2 aromatic rings. The van der Waals surface area contributed by atoms with Crippen molar-refractivity contribution in [1.29, 1.82) is 0 Å². The number of carbonyl (C=O) groups is 1. The van der Waals surface area contributed by atoms with Gasteiger partial charge in [-0.15, -0.1) is 11.3 Å². The van der Waals surface area contributed by atoms with Crippen molar-refractivity contribution in [3.8, 4) is 0 Å². The van der Waals surface area contributed by atoms with E-state index in [0.29, 0.717) is 22.1 Å². The van der Waals surface area contributed by atoms with Crippen molar-refractivity contribution in [3.05, 3.63) is 58.2 Å². The second-order valence-corrected chi connectivity index (χ2v) is 6.13. The summed E-state index contributed by atoms with van der Waals surface area (Å²) < 4.78 is 32.0. The summed E-state index contributed by atoms with van der Waals surface area (Å²) in [5, 5.41) is 2.40. The van der Waals surface area contributed by atoms with Gasteiger partial charge in [-0.25, -0.2) is 18.6 Å². The summed E-state index contributed by atoms with van der Waals surface area (Å²) in [5.41, 5.74) is 0.661. The molecule has 5 nitrogen and oxygen atoms in total. The van der Waals surface area contributed by atoms with Crippen LogP contribution >= 0.6 is 11.3 Å². The third kappa shape index (κ3) is 3.43. The Labute approximate surface area is 147 Å². The van der Waals surface area contributed by atoms with Gasteiger partial charge in [0.15, 0.2) is 22.5 Å². The van der Waals surface area contributed by atoms with Gasteiger partial charge in [-0.05, 0) is 26.0 Å². The Hall–Kier alpha value is -2.61. The fourth-order valence-corrected chi connectivity index (χ4v) is 3.01. The van der Waals surface area contributed by atoms with Gasteiger partial charge in [-0.2, -0.15) is 0 Å². The number of ether oxygens (including phenoxy) is 1. The van der Waals surface area contributed by atoms with Gasteiger partial charge in [0.05, 0.1) is 23.9 Å². The van der Waals surface area contributed by atoms with Crippen molar-refractivity contribution < 1.29 is 18.3 Å². The third-order valence-corrected chi connectivity index (χ3v) is 4.35. The number of rotatable bonds is 4. The minimum absolute atomic E-state index is 0.233. The van der Waals surface area contributed by atoms with Gasteiger partial charge in [0.25, 0.3) is 0 Å². The quantitative estimate of drug-likeness (QED) is 0.780. The molecular weight excluding hydrogens is 348 g/mol. The zero-order chi connectivity index (χ0) is 18.0. The topological polar surface area (TPSA) is 54.8 Å². The fraction of sp³-hybridized carbons (Fsp3) is 0.235. The van der Waals surface area contributed by atoms with Gasteiger partial charge in [-0.3, -0.25) is 9.89 Å². The van der Waals surface area contributed by atoms with Gasteiger partial charge < -0.3 is 4.74 Å². The number of aliphatic imine (C=N–C) groups is 1. The Morgan fingerprint density at radius 2 is 2.16 bits per heavy atom. The molecule has 0 saturated carbocycles. The van der Waals surface area contributed by atoms with Gasteiger partial charge in [0, 0.05) is 23.8 Å².